The maximum Gasteiger partial charge on any atom is 0.306 e. The lowest BCUT2D eigenvalue weighted by Gasteiger charge is -2.11. The fraction of sp³-hybridized carbons (Fsp3) is 0.250. The number of ether oxygens (including phenoxy) is 2. The number of anilines is 2. The number of hydrogen-bond acceptors (Lipinski definition) is 5. The predicted octanol–water partition coefficient (Wildman–Crippen LogP) is 4.21. The number of carbonyl (C=O) groups is 3. The second-order valence-corrected chi connectivity index (χ2v) is 6.86. The lowest BCUT2D eigenvalue weighted by molar-refractivity contribution is -0.147. The van der Waals surface area contributed by atoms with Gasteiger partial charge in [-0.1, -0.05) is 29.3 Å². The molecular formula is C20H20Cl2N2O5. The van der Waals surface area contributed by atoms with Crippen molar-refractivity contribution >= 4 is 52.4 Å². The van der Waals surface area contributed by atoms with Crippen LogP contribution in [-0.2, 0) is 19.1 Å². The third-order valence-corrected chi connectivity index (χ3v) is 4.54. The Hall–Kier alpha value is -2.77. The summed E-state index contributed by atoms with van der Waals surface area (Å²) in [7, 11) is 1.46. The quantitative estimate of drug-likeness (QED) is 0.601. The van der Waals surface area contributed by atoms with Gasteiger partial charge in [-0.2, -0.15) is 0 Å². The highest BCUT2D eigenvalue weighted by Gasteiger charge is 2.13. The molecule has 0 unspecified atom stereocenters. The Morgan fingerprint density at radius 3 is 2.41 bits per heavy atom. The van der Waals surface area contributed by atoms with Crippen LogP contribution in [0.2, 0.25) is 10.0 Å². The number of rotatable bonds is 8. The van der Waals surface area contributed by atoms with E-state index in [1.165, 1.54) is 7.11 Å². The van der Waals surface area contributed by atoms with Crippen molar-refractivity contribution in [2.45, 2.75) is 19.8 Å². The lowest BCUT2D eigenvalue weighted by atomic mass is 10.2. The van der Waals surface area contributed by atoms with Gasteiger partial charge in [0.05, 0.1) is 19.2 Å². The Morgan fingerprint density at radius 2 is 1.69 bits per heavy atom. The van der Waals surface area contributed by atoms with Gasteiger partial charge in [0.2, 0.25) is 5.91 Å². The van der Waals surface area contributed by atoms with Crippen LogP contribution in [0.5, 0.6) is 5.75 Å². The van der Waals surface area contributed by atoms with Crippen molar-refractivity contribution in [3.05, 3.63) is 52.0 Å². The van der Waals surface area contributed by atoms with E-state index in [-0.39, 0.29) is 12.8 Å². The van der Waals surface area contributed by atoms with Gasteiger partial charge < -0.3 is 20.1 Å². The first kappa shape index (κ1) is 22.5. The topological polar surface area (TPSA) is 93.7 Å². The van der Waals surface area contributed by atoms with E-state index < -0.39 is 24.4 Å². The third-order valence-electron chi connectivity index (χ3n) is 3.90. The molecule has 0 heterocycles. The number of benzene rings is 2. The average molecular weight is 439 g/mol. The van der Waals surface area contributed by atoms with Crippen LogP contribution in [0.15, 0.2) is 36.4 Å². The number of hydrogen-bond donors (Lipinski definition) is 2. The normalized spacial score (nSPS) is 10.2. The standard InChI is InChI=1S/C20H20Cl2N2O5/c1-12-14(22)4-3-5-15(12)23-19(26)11-29-20(27)9-8-18(25)24-16-10-13(21)6-7-17(16)28-2/h3-7,10H,8-9,11H2,1-2H3,(H,23,26)(H,24,25). The average Bonchev–Trinajstić information content (AvgIpc) is 2.68. The minimum absolute atomic E-state index is 0.122. The molecular weight excluding hydrogens is 419 g/mol. The van der Waals surface area contributed by atoms with Gasteiger partial charge in [0.1, 0.15) is 5.75 Å². The van der Waals surface area contributed by atoms with Crippen molar-refractivity contribution < 1.29 is 23.9 Å². The predicted molar refractivity (Wildman–Crippen MR) is 112 cm³/mol. The zero-order valence-electron chi connectivity index (χ0n) is 15.9. The smallest absolute Gasteiger partial charge is 0.306 e. The van der Waals surface area contributed by atoms with E-state index in [0.29, 0.717) is 32.7 Å². The molecule has 0 aliphatic carbocycles. The molecule has 0 aliphatic heterocycles. The number of halogens is 2. The molecule has 2 aromatic rings. The van der Waals surface area contributed by atoms with Crippen LogP contribution in [0.4, 0.5) is 11.4 Å². The maximum absolute atomic E-state index is 12.0. The Balaban J connectivity index is 1.76. The highest BCUT2D eigenvalue weighted by molar-refractivity contribution is 6.32. The third kappa shape index (κ3) is 6.96. The first-order valence-corrected chi connectivity index (χ1v) is 9.39. The zero-order valence-corrected chi connectivity index (χ0v) is 17.4. The lowest BCUT2D eigenvalue weighted by Crippen LogP contribution is -2.22. The van der Waals surface area contributed by atoms with Gasteiger partial charge in [-0.15, -0.1) is 0 Å². The Kier molecular flexibility index (Phi) is 8.30. The van der Waals surface area contributed by atoms with Gasteiger partial charge in [-0.3, -0.25) is 14.4 Å². The summed E-state index contributed by atoms with van der Waals surface area (Å²) in [6.45, 7) is 1.30. The second kappa shape index (κ2) is 10.7. The van der Waals surface area contributed by atoms with Crippen LogP contribution in [-0.4, -0.2) is 31.5 Å². The van der Waals surface area contributed by atoms with Gasteiger partial charge in [-0.25, -0.2) is 0 Å². The van der Waals surface area contributed by atoms with Crippen molar-refractivity contribution in [2.24, 2.45) is 0 Å². The van der Waals surface area contributed by atoms with Gasteiger partial charge in [0.25, 0.3) is 5.91 Å². The van der Waals surface area contributed by atoms with Crippen LogP contribution in [0.3, 0.4) is 0 Å². The number of nitrogens with one attached hydrogen (secondary N) is 2. The molecule has 29 heavy (non-hydrogen) atoms. The van der Waals surface area contributed by atoms with Crippen molar-refractivity contribution in [3.8, 4) is 5.75 Å². The monoisotopic (exact) mass is 438 g/mol. The summed E-state index contributed by atoms with van der Waals surface area (Å²) in [6, 6.07) is 9.88. The summed E-state index contributed by atoms with van der Waals surface area (Å²) < 4.78 is 10.0. The molecule has 2 amide bonds. The number of methoxy groups -OCH3 is 1. The summed E-state index contributed by atoms with van der Waals surface area (Å²) >= 11 is 11.9. The van der Waals surface area contributed by atoms with Crippen LogP contribution < -0.4 is 15.4 Å². The number of carbonyl (C=O) groups excluding carboxylic acids is 3. The van der Waals surface area contributed by atoms with Crippen LogP contribution in [0.1, 0.15) is 18.4 Å². The Morgan fingerprint density at radius 1 is 0.966 bits per heavy atom. The SMILES string of the molecule is COc1ccc(Cl)cc1NC(=O)CCC(=O)OCC(=O)Nc1cccc(Cl)c1C. The van der Waals surface area contributed by atoms with E-state index in [1.807, 2.05) is 0 Å². The summed E-state index contributed by atoms with van der Waals surface area (Å²) in [5, 5.41) is 6.18. The first-order valence-electron chi connectivity index (χ1n) is 8.64. The molecule has 0 aromatic heterocycles. The van der Waals surface area contributed by atoms with Gasteiger partial charge >= 0.3 is 5.97 Å². The van der Waals surface area contributed by atoms with E-state index in [1.54, 1.807) is 43.3 Å². The maximum atomic E-state index is 12.0. The van der Waals surface area contributed by atoms with Gasteiger partial charge in [0.15, 0.2) is 6.61 Å². The molecule has 0 spiro atoms. The molecule has 0 saturated heterocycles. The fourth-order valence-corrected chi connectivity index (χ4v) is 2.70. The van der Waals surface area contributed by atoms with Crippen molar-refractivity contribution in [1.29, 1.82) is 0 Å². The van der Waals surface area contributed by atoms with Crippen molar-refractivity contribution in [3.63, 3.8) is 0 Å². The second-order valence-electron chi connectivity index (χ2n) is 6.01. The van der Waals surface area contributed by atoms with E-state index in [9.17, 15) is 14.4 Å². The summed E-state index contributed by atoms with van der Waals surface area (Å²) in [4.78, 5) is 35.8. The van der Waals surface area contributed by atoms with E-state index >= 15 is 0 Å². The zero-order chi connectivity index (χ0) is 21.4. The number of esters is 1. The van der Waals surface area contributed by atoms with Crippen LogP contribution in [0.25, 0.3) is 0 Å². The first-order chi connectivity index (χ1) is 13.8. The molecule has 2 rings (SSSR count). The van der Waals surface area contributed by atoms with E-state index in [2.05, 4.69) is 10.6 Å². The molecule has 0 radical (unpaired) electrons. The Bertz CT molecular complexity index is 918. The fourth-order valence-electron chi connectivity index (χ4n) is 2.35. The van der Waals surface area contributed by atoms with E-state index in [4.69, 9.17) is 32.7 Å². The molecule has 9 heteroatoms. The van der Waals surface area contributed by atoms with Gasteiger partial charge in [0, 0.05) is 22.2 Å². The molecule has 0 atom stereocenters. The molecule has 2 aromatic carbocycles. The van der Waals surface area contributed by atoms with Gasteiger partial charge in [-0.05, 0) is 42.8 Å². The highest BCUT2D eigenvalue weighted by atomic mass is 35.5. The molecule has 7 nitrogen and oxygen atoms in total. The number of amides is 2. The molecule has 0 bridgehead atoms. The largest absolute Gasteiger partial charge is 0.495 e. The van der Waals surface area contributed by atoms with E-state index in [0.717, 1.165) is 0 Å². The summed E-state index contributed by atoms with van der Waals surface area (Å²) in [5.41, 5.74) is 1.64. The Labute approximate surface area is 178 Å². The van der Waals surface area contributed by atoms with Crippen LogP contribution in [0, 0.1) is 6.92 Å². The minimum atomic E-state index is -0.670. The molecule has 0 aliphatic rings. The summed E-state index contributed by atoms with van der Waals surface area (Å²) in [6.07, 6.45) is -0.304. The summed E-state index contributed by atoms with van der Waals surface area (Å²) in [5.74, 6) is -1.15. The minimum Gasteiger partial charge on any atom is -0.495 e. The highest BCUT2D eigenvalue weighted by Crippen LogP contribution is 2.27. The van der Waals surface area contributed by atoms with Crippen molar-refractivity contribution in [1.82, 2.24) is 0 Å². The molecule has 154 valence electrons. The molecule has 0 saturated carbocycles. The van der Waals surface area contributed by atoms with Crippen LogP contribution >= 0.6 is 23.2 Å². The molecule has 0 fully saturated rings. The molecule has 2 N–H and O–H groups in total. The van der Waals surface area contributed by atoms with Crippen molar-refractivity contribution in [2.75, 3.05) is 24.4 Å².